The fourth-order valence-electron chi connectivity index (χ4n) is 4.56. The molecule has 1 aromatic heterocycles. The molecule has 2 aromatic rings. The average molecular weight is 398 g/mol. The molecule has 4 rings (SSSR count). The van der Waals surface area contributed by atoms with Crippen LogP contribution in [-0.4, -0.2) is 75.1 Å². The number of H-pyrrole nitrogens is 1. The van der Waals surface area contributed by atoms with Crippen molar-refractivity contribution in [1.82, 2.24) is 35.7 Å². The Hall–Kier alpha value is -2.32. The van der Waals surface area contributed by atoms with E-state index in [-0.39, 0.29) is 11.8 Å². The Bertz CT molecular complexity index is 744. The largest absolute Gasteiger partial charge is 0.348 e. The Morgan fingerprint density at radius 3 is 2.72 bits per heavy atom. The number of aromatic nitrogens is 4. The van der Waals surface area contributed by atoms with Gasteiger partial charge in [-0.25, -0.2) is 0 Å². The summed E-state index contributed by atoms with van der Waals surface area (Å²) >= 11 is 0. The molecule has 0 radical (unpaired) electrons. The molecule has 8 heteroatoms. The van der Waals surface area contributed by atoms with E-state index in [4.69, 9.17) is 0 Å². The molecule has 1 atom stereocenters. The topological polar surface area (TPSA) is 90.0 Å². The number of carbonyl (C=O) groups is 1. The molecule has 2 saturated heterocycles. The number of nitrogens with zero attached hydrogens (tertiary/aromatic N) is 5. The second-order valence-electron chi connectivity index (χ2n) is 8.19. The average Bonchev–Trinajstić information content (AvgIpc) is 3.31. The molecule has 8 nitrogen and oxygen atoms in total. The predicted molar refractivity (Wildman–Crippen MR) is 110 cm³/mol. The van der Waals surface area contributed by atoms with Gasteiger partial charge in [-0.3, -0.25) is 9.69 Å². The zero-order valence-electron chi connectivity index (χ0n) is 17.0. The molecule has 156 valence electrons. The summed E-state index contributed by atoms with van der Waals surface area (Å²) in [5, 5.41) is 16.7. The number of aromatic amines is 1. The third kappa shape index (κ3) is 5.61. The van der Waals surface area contributed by atoms with Gasteiger partial charge in [0.2, 0.25) is 5.91 Å². The molecule has 2 aliphatic rings. The van der Waals surface area contributed by atoms with Crippen molar-refractivity contribution in [2.45, 2.75) is 44.7 Å². The van der Waals surface area contributed by atoms with Crippen LogP contribution in [0.25, 0.3) is 0 Å². The maximum Gasteiger partial charge on any atom is 0.224 e. The van der Waals surface area contributed by atoms with Crippen molar-refractivity contribution in [3.8, 4) is 0 Å². The number of hydrogen-bond acceptors (Lipinski definition) is 6. The molecule has 2 aliphatic heterocycles. The Kier molecular flexibility index (Phi) is 6.84. The minimum absolute atomic E-state index is 0.0618. The van der Waals surface area contributed by atoms with E-state index in [0.29, 0.717) is 18.4 Å². The van der Waals surface area contributed by atoms with Gasteiger partial charge in [0.05, 0.1) is 12.5 Å². The zero-order chi connectivity index (χ0) is 19.9. The number of carbonyl (C=O) groups excluding carboxylic acids is 1. The van der Waals surface area contributed by atoms with Gasteiger partial charge in [-0.15, -0.1) is 10.2 Å². The number of rotatable bonds is 7. The van der Waals surface area contributed by atoms with Gasteiger partial charge in [-0.05, 0) is 57.3 Å². The lowest BCUT2D eigenvalue weighted by molar-refractivity contribution is -0.127. The van der Waals surface area contributed by atoms with Crippen molar-refractivity contribution < 1.29 is 4.79 Å². The number of benzene rings is 1. The normalized spacial score (nSPS) is 21.9. The van der Waals surface area contributed by atoms with Crippen molar-refractivity contribution in [2.24, 2.45) is 5.92 Å². The molecule has 2 fully saturated rings. The third-order valence-corrected chi connectivity index (χ3v) is 6.27. The molecule has 0 bridgehead atoms. The highest BCUT2D eigenvalue weighted by Gasteiger charge is 2.31. The standard InChI is InChI=1S/C21H31N7O/c29-21(22-15-20-23-25-26-24-20)18-7-4-11-28(16-18)19-9-13-27(14-10-19)12-8-17-5-2-1-3-6-17/h1-3,5-6,18-19H,4,7-16H2,(H,22,29)(H,23,24,25,26)/t18-/m0/s1. The van der Waals surface area contributed by atoms with Crippen LogP contribution >= 0.6 is 0 Å². The Balaban J connectivity index is 1.19. The van der Waals surface area contributed by atoms with Gasteiger partial charge >= 0.3 is 0 Å². The van der Waals surface area contributed by atoms with Crippen LogP contribution in [0.5, 0.6) is 0 Å². The summed E-state index contributed by atoms with van der Waals surface area (Å²) in [5.41, 5.74) is 1.42. The lowest BCUT2D eigenvalue weighted by Gasteiger charge is -2.42. The van der Waals surface area contributed by atoms with Crippen LogP contribution in [0.1, 0.15) is 37.1 Å². The zero-order valence-corrected chi connectivity index (χ0v) is 17.0. The van der Waals surface area contributed by atoms with Crippen LogP contribution < -0.4 is 5.32 Å². The van der Waals surface area contributed by atoms with Crippen molar-refractivity contribution in [2.75, 3.05) is 32.7 Å². The molecule has 0 aliphatic carbocycles. The van der Waals surface area contributed by atoms with E-state index in [1.54, 1.807) is 0 Å². The highest BCUT2D eigenvalue weighted by atomic mass is 16.1. The monoisotopic (exact) mass is 397 g/mol. The highest BCUT2D eigenvalue weighted by molar-refractivity contribution is 5.78. The number of likely N-dealkylation sites (tertiary alicyclic amines) is 2. The van der Waals surface area contributed by atoms with Gasteiger partial charge < -0.3 is 10.2 Å². The molecule has 3 heterocycles. The minimum Gasteiger partial charge on any atom is -0.348 e. The number of tetrazole rings is 1. The Morgan fingerprint density at radius 1 is 1.14 bits per heavy atom. The fraction of sp³-hybridized carbons (Fsp3) is 0.619. The van der Waals surface area contributed by atoms with Crippen molar-refractivity contribution in [1.29, 1.82) is 0 Å². The number of piperidine rings is 2. The lowest BCUT2D eigenvalue weighted by Crippen LogP contribution is -2.50. The second-order valence-corrected chi connectivity index (χ2v) is 8.19. The minimum atomic E-state index is 0.0618. The summed E-state index contributed by atoms with van der Waals surface area (Å²) in [6.07, 6.45) is 5.58. The van der Waals surface area contributed by atoms with Gasteiger partial charge in [-0.1, -0.05) is 35.5 Å². The van der Waals surface area contributed by atoms with Gasteiger partial charge in [0.25, 0.3) is 0 Å². The first-order valence-corrected chi connectivity index (χ1v) is 10.8. The van der Waals surface area contributed by atoms with Crippen LogP contribution in [0.15, 0.2) is 30.3 Å². The summed E-state index contributed by atoms with van der Waals surface area (Å²) in [6.45, 7) is 5.77. The molecule has 0 saturated carbocycles. The number of hydrogen-bond donors (Lipinski definition) is 2. The first-order valence-electron chi connectivity index (χ1n) is 10.8. The Morgan fingerprint density at radius 2 is 1.97 bits per heavy atom. The van der Waals surface area contributed by atoms with Crippen LogP contribution in [-0.2, 0) is 17.8 Å². The maximum absolute atomic E-state index is 12.6. The third-order valence-electron chi connectivity index (χ3n) is 6.27. The molecule has 29 heavy (non-hydrogen) atoms. The SMILES string of the molecule is O=C(NCc1nn[nH]n1)[C@H]1CCCN(C2CCN(CCc3ccccc3)CC2)C1. The summed E-state index contributed by atoms with van der Waals surface area (Å²) in [7, 11) is 0. The summed E-state index contributed by atoms with van der Waals surface area (Å²) in [6, 6.07) is 11.3. The second kappa shape index (κ2) is 9.93. The first kappa shape index (κ1) is 20.0. The van der Waals surface area contributed by atoms with Crippen molar-refractivity contribution in [3.63, 3.8) is 0 Å². The first-order chi connectivity index (χ1) is 14.3. The van der Waals surface area contributed by atoms with Gasteiger partial charge in [0.15, 0.2) is 5.82 Å². The van der Waals surface area contributed by atoms with E-state index in [9.17, 15) is 4.79 Å². The summed E-state index contributed by atoms with van der Waals surface area (Å²) in [4.78, 5) is 17.7. The molecular formula is C21H31N7O. The molecular weight excluding hydrogens is 366 g/mol. The van der Waals surface area contributed by atoms with E-state index in [1.807, 2.05) is 0 Å². The van der Waals surface area contributed by atoms with Gasteiger partial charge in [0.1, 0.15) is 0 Å². The molecule has 0 unspecified atom stereocenters. The fourth-order valence-corrected chi connectivity index (χ4v) is 4.56. The summed E-state index contributed by atoms with van der Waals surface area (Å²) < 4.78 is 0. The summed E-state index contributed by atoms with van der Waals surface area (Å²) in [5.74, 6) is 0.695. The maximum atomic E-state index is 12.6. The van der Waals surface area contributed by atoms with Crippen LogP contribution in [0.3, 0.4) is 0 Å². The lowest BCUT2D eigenvalue weighted by atomic mass is 9.93. The van der Waals surface area contributed by atoms with E-state index < -0.39 is 0 Å². The highest BCUT2D eigenvalue weighted by Crippen LogP contribution is 2.24. The van der Waals surface area contributed by atoms with Crippen LogP contribution in [0, 0.1) is 5.92 Å². The molecule has 1 aromatic carbocycles. The quantitative estimate of drug-likeness (QED) is 0.731. The van der Waals surface area contributed by atoms with E-state index in [2.05, 4.69) is 66.1 Å². The Labute approximate surface area is 172 Å². The van der Waals surface area contributed by atoms with Gasteiger partial charge in [-0.2, -0.15) is 5.21 Å². The molecule has 0 spiro atoms. The van der Waals surface area contributed by atoms with Crippen LogP contribution in [0.2, 0.25) is 0 Å². The number of nitrogens with one attached hydrogen (secondary N) is 2. The number of amides is 1. The molecule has 2 N–H and O–H groups in total. The molecule has 1 amide bonds. The van der Waals surface area contributed by atoms with E-state index in [1.165, 1.54) is 18.4 Å². The van der Waals surface area contributed by atoms with Crippen molar-refractivity contribution in [3.05, 3.63) is 41.7 Å². The van der Waals surface area contributed by atoms with Crippen LogP contribution in [0.4, 0.5) is 0 Å². The predicted octanol–water partition coefficient (Wildman–Crippen LogP) is 1.23. The van der Waals surface area contributed by atoms with Gasteiger partial charge in [0, 0.05) is 19.1 Å². The van der Waals surface area contributed by atoms with E-state index >= 15 is 0 Å². The smallest absolute Gasteiger partial charge is 0.224 e. The van der Waals surface area contributed by atoms with E-state index in [0.717, 1.165) is 52.0 Å². The van der Waals surface area contributed by atoms with Crippen molar-refractivity contribution >= 4 is 5.91 Å².